The SMILES string of the molecule is [C-]#[N+][C@@H](Cc1ccccc1)C(=O)N[C@@H](CC(C)C)C(=O)OC. The number of esters is 1. The quantitative estimate of drug-likeness (QED) is 0.620. The molecule has 1 aromatic carbocycles. The zero-order valence-corrected chi connectivity index (χ0v) is 13.2. The first-order valence-electron chi connectivity index (χ1n) is 7.26. The standard InChI is InChI=1S/C17H22N2O3/c1-12(2)10-15(17(21)22-4)19-16(20)14(18-3)11-13-8-6-5-7-9-13/h5-9,12,14-15H,10-11H2,1-2,4H3,(H,19,20)/t14-,15-/m0/s1. The molecule has 2 atom stereocenters. The van der Waals surface area contributed by atoms with Gasteiger partial charge in [-0.05, 0) is 17.9 Å². The van der Waals surface area contributed by atoms with E-state index < -0.39 is 24.0 Å². The predicted octanol–water partition coefficient (Wildman–Crippen LogP) is 2.22. The van der Waals surface area contributed by atoms with Gasteiger partial charge in [0.05, 0.1) is 13.5 Å². The second-order valence-electron chi connectivity index (χ2n) is 5.55. The van der Waals surface area contributed by atoms with E-state index in [1.54, 1.807) is 0 Å². The summed E-state index contributed by atoms with van der Waals surface area (Å²) in [5.41, 5.74) is 0.914. The lowest BCUT2D eigenvalue weighted by molar-refractivity contribution is -0.145. The van der Waals surface area contributed by atoms with Gasteiger partial charge in [0.15, 0.2) is 0 Å². The van der Waals surface area contributed by atoms with Crippen LogP contribution in [0, 0.1) is 12.5 Å². The van der Waals surface area contributed by atoms with Crippen LogP contribution < -0.4 is 5.32 Å². The molecule has 5 heteroatoms. The zero-order chi connectivity index (χ0) is 16.5. The summed E-state index contributed by atoms with van der Waals surface area (Å²) in [5, 5.41) is 2.64. The highest BCUT2D eigenvalue weighted by atomic mass is 16.5. The summed E-state index contributed by atoms with van der Waals surface area (Å²) in [6, 6.07) is 7.80. The summed E-state index contributed by atoms with van der Waals surface area (Å²) in [7, 11) is 1.29. The Morgan fingerprint density at radius 2 is 1.91 bits per heavy atom. The average Bonchev–Trinajstić information content (AvgIpc) is 2.51. The summed E-state index contributed by atoms with van der Waals surface area (Å²) in [5.74, 6) is -0.690. The number of amides is 1. The van der Waals surface area contributed by atoms with Gasteiger partial charge in [0.2, 0.25) is 0 Å². The van der Waals surface area contributed by atoms with Crippen molar-refractivity contribution in [2.75, 3.05) is 7.11 Å². The molecule has 0 spiro atoms. The van der Waals surface area contributed by atoms with Crippen LogP contribution in [0.4, 0.5) is 0 Å². The van der Waals surface area contributed by atoms with Crippen molar-refractivity contribution in [1.82, 2.24) is 5.32 Å². The van der Waals surface area contributed by atoms with Crippen LogP contribution in [-0.4, -0.2) is 31.1 Å². The van der Waals surface area contributed by atoms with Gasteiger partial charge in [-0.3, -0.25) is 4.79 Å². The summed E-state index contributed by atoms with van der Waals surface area (Å²) in [4.78, 5) is 27.4. The summed E-state index contributed by atoms with van der Waals surface area (Å²) >= 11 is 0. The number of ether oxygens (including phenoxy) is 1. The van der Waals surface area contributed by atoms with E-state index in [1.165, 1.54) is 7.11 Å². The average molecular weight is 302 g/mol. The largest absolute Gasteiger partial charge is 0.467 e. The molecule has 0 fully saturated rings. The van der Waals surface area contributed by atoms with Crippen LogP contribution in [0.2, 0.25) is 0 Å². The Kier molecular flexibility index (Phi) is 7.11. The molecular formula is C17H22N2O3. The van der Waals surface area contributed by atoms with Crippen LogP contribution in [0.5, 0.6) is 0 Å². The van der Waals surface area contributed by atoms with Crippen LogP contribution >= 0.6 is 0 Å². The van der Waals surface area contributed by atoms with Crippen molar-refractivity contribution in [2.45, 2.75) is 38.8 Å². The smallest absolute Gasteiger partial charge is 0.328 e. The Morgan fingerprint density at radius 3 is 2.41 bits per heavy atom. The molecule has 1 amide bonds. The molecule has 0 aromatic heterocycles. The number of nitrogens with one attached hydrogen (secondary N) is 1. The second-order valence-corrected chi connectivity index (χ2v) is 5.55. The molecule has 0 radical (unpaired) electrons. The van der Waals surface area contributed by atoms with Gasteiger partial charge in [0.25, 0.3) is 0 Å². The van der Waals surface area contributed by atoms with Crippen LogP contribution in [0.25, 0.3) is 4.85 Å². The highest BCUT2D eigenvalue weighted by Crippen LogP contribution is 2.10. The molecule has 0 heterocycles. The highest BCUT2D eigenvalue weighted by Gasteiger charge is 2.30. The first-order valence-corrected chi connectivity index (χ1v) is 7.26. The Bertz CT molecular complexity index is 535. The van der Waals surface area contributed by atoms with Crippen molar-refractivity contribution < 1.29 is 14.3 Å². The van der Waals surface area contributed by atoms with Gasteiger partial charge >= 0.3 is 17.9 Å². The molecular weight excluding hydrogens is 280 g/mol. The van der Waals surface area contributed by atoms with E-state index in [2.05, 4.69) is 10.2 Å². The van der Waals surface area contributed by atoms with Crippen molar-refractivity contribution in [3.05, 3.63) is 47.3 Å². The summed E-state index contributed by atoms with van der Waals surface area (Å²) < 4.78 is 4.71. The van der Waals surface area contributed by atoms with Crippen molar-refractivity contribution in [3.8, 4) is 0 Å². The van der Waals surface area contributed by atoms with Crippen LogP contribution in [0.15, 0.2) is 30.3 Å². The third-order valence-electron chi connectivity index (χ3n) is 3.24. The number of nitrogens with zero attached hydrogens (tertiary/aromatic N) is 1. The summed E-state index contributed by atoms with van der Waals surface area (Å²) in [6.45, 7) is 11.1. The van der Waals surface area contributed by atoms with Gasteiger partial charge < -0.3 is 14.9 Å². The first kappa shape index (κ1) is 17.7. The molecule has 0 aliphatic carbocycles. The first-order chi connectivity index (χ1) is 10.5. The fraction of sp³-hybridized carbons (Fsp3) is 0.471. The van der Waals surface area contributed by atoms with E-state index in [4.69, 9.17) is 11.3 Å². The maximum Gasteiger partial charge on any atom is 0.328 e. The number of hydrogen-bond donors (Lipinski definition) is 1. The van der Waals surface area contributed by atoms with Crippen molar-refractivity contribution in [2.24, 2.45) is 5.92 Å². The molecule has 0 bridgehead atoms. The Hall–Kier alpha value is -2.35. The van der Waals surface area contributed by atoms with Crippen LogP contribution in [-0.2, 0) is 20.7 Å². The lowest BCUT2D eigenvalue weighted by Crippen LogP contribution is -2.46. The molecule has 22 heavy (non-hydrogen) atoms. The molecule has 0 unspecified atom stereocenters. The number of methoxy groups -OCH3 is 1. The Morgan fingerprint density at radius 1 is 1.27 bits per heavy atom. The lowest BCUT2D eigenvalue weighted by Gasteiger charge is -2.18. The van der Waals surface area contributed by atoms with E-state index in [9.17, 15) is 9.59 Å². The third-order valence-corrected chi connectivity index (χ3v) is 3.24. The van der Waals surface area contributed by atoms with E-state index in [0.29, 0.717) is 12.8 Å². The van der Waals surface area contributed by atoms with Gasteiger partial charge in [-0.2, -0.15) is 0 Å². The monoisotopic (exact) mass is 302 g/mol. The molecule has 118 valence electrons. The topological polar surface area (TPSA) is 59.8 Å². The van der Waals surface area contributed by atoms with Gasteiger partial charge in [0, 0.05) is 0 Å². The molecule has 5 nitrogen and oxygen atoms in total. The molecule has 0 aliphatic rings. The van der Waals surface area contributed by atoms with Crippen LogP contribution in [0.1, 0.15) is 25.8 Å². The molecule has 1 rings (SSSR count). The Labute approximate surface area is 131 Å². The van der Waals surface area contributed by atoms with E-state index >= 15 is 0 Å². The minimum Gasteiger partial charge on any atom is -0.467 e. The minimum atomic E-state index is -0.846. The lowest BCUT2D eigenvalue weighted by atomic mass is 10.0. The summed E-state index contributed by atoms with van der Waals surface area (Å²) in [6.07, 6.45) is 0.806. The van der Waals surface area contributed by atoms with Crippen molar-refractivity contribution >= 4 is 11.9 Å². The van der Waals surface area contributed by atoms with E-state index in [-0.39, 0.29) is 5.92 Å². The number of carbonyl (C=O) groups is 2. The zero-order valence-electron chi connectivity index (χ0n) is 13.2. The fourth-order valence-electron chi connectivity index (χ4n) is 2.13. The number of benzene rings is 1. The highest BCUT2D eigenvalue weighted by molar-refractivity contribution is 5.88. The molecule has 0 saturated heterocycles. The van der Waals surface area contributed by atoms with Crippen molar-refractivity contribution in [1.29, 1.82) is 0 Å². The maximum absolute atomic E-state index is 12.3. The van der Waals surface area contributed by atoms with E-state index in [0.717, 1.165) is 5.56 Å². The number of carbonyl (C=O) groups excluding carboxylic acids is 2. The fourth-order valence-corrected chi connectivity index (χ4v) is 2.13. The van der Waals surface area contributed by atoms with Gasteiger partial charge in [-0.25, -0.2) is 11.4 Å². The predicted molar refractivity (Wildman–Crippen MR) is 83.9 cm³/mol. The molecule has 1 aromatic rings. The third kappa shape index (κ3) is 5.57. The Balaban J connectivity index is 2.74. The van der Waals surface area contributed by atoms with Gasteiger partial charge in [-0.15, -0.1) is 0 Å². The van der Waals surface area contributed by atoms with Gasteiger partial charge in [-0.1, -0.05) is 44.2 Å². The molecule has 0 aliphatic heterocycles. The normalized spacial score (nSPS) is 13.0. The maximum atomic E-state index is 12.3. The molecule has 1 N–H and O–H groups in total. The van der Waals surface area contributed by atoms with Gasteiger partial charge in [0.1, 0.15) is 6.04 Å². The number of hydrogen-bond acceptors (Lipinski definition) is 3. The second kappa shape index (κ2) is 8.83. The van der Waals surface area contributed by atoms with Crippen molar-refractivity contribution in [3.63, 3.8) is 0 Å². The van der Waals surface area contributed by atoms with Crippen LogP contribution in [0.3, 0.4) is 0 Å². The number of rotatable bonds is 7. The van der Waals surface area contributed by atoms with E-state index in [1.807, 2.05) is 44.2 Å². The molecule has 0 saturated carbocycles. The minimum absolute atomic E-state index is 0.227.